The first-order valence-electron chi connectivity index (χ1n) is 6.77. The predicted octanol–water partition coefficient (Wildman–Crippen LogP) is 3.67. The van der Waals surface area contributed by atoms with Gasteiger partial charge in [0.15, 0.2) is 0 Å². The average Bonchev–Trinajstić information content (AvgIpc) is 2.89. The maximum absolute atomic E-state index is 9.35. The molecule has 2 fully saturated rings. The number of hydrogen-bond acceptors (Lipinski definition) is 2. The molecule has 2 nitrogen and oxygen atoms in total. The van der Waals surface area contributed by atoms with Gasteiger partial charge >= 0.3 is 0 Å². The third-order valence-corrected chi connectivity index (χ3v) is 4.30. The molecule has 0 N–H and O–H groups in total. The zero-order valence-electron chi connectivity index (χ0n) is 10.4. The van der Waals surface area contributed by atoms with Gasteiger partial charge in [-0.1, -0.05) is 6.92 Å². The van der Waals surface area contributed by atoms with E-state index in [2.05, 4.69) is 13.0 Å². The van der Waals surface area contributed by atoms with Crippen molar-refractivity contribution in [3.05, 3.63) is 0 Å². The third kappa shape index (κ3) is 2.77. The van der Waals surface area contributed by atoms with E-state index in [-0.39, 0.29) is 5.41 Å². The largest absolute Gasteiger partial charge is 0.378 e. The van der Waals surface area contributed by atoms with E-state index < -0.39 is 0 Å². The highest BCUT2D eigenvalue weighted by Gasteiger charge is 2.37. The molecular weight excluding hydrogens is 198 g/mol. The molecule has 1 aliphatic carbocycles. The summed E-state index contributed by atoms with van der Waals surface area (Å²) in [5.41, 5.74) is 0.0119. The Morgan fingerprint density at radius 2 is 2.31 bits per heavy atom. The Morgan fingerprint density at radius 1 is 1.44 bits per heavy atom. The van der Waals surface area contributed by atoms with Crippen molar-refractivity contribution < 1.29 is 4.74 Å². The zero-order chi connectivity index (χ0) is 11.4. The molecule has 1 saturated heterocycles. The minimum Gasteiger partial charge on any atom is -0.378 e. The van der Waals surface area contributed by atoms with Crippen molar-refractivity contribution in [1.29, 1.82) is 5.26 Å². The topological polar surface area (TPSA) is 33.0 Å². The first-order valence-corrected chi connectivity index (χ1v) is 6.77. The molecule has 0 aromatic heterocycles. The van der Waals surface area contributed by atoms with Crippen LogP contribution in [-0.2, 0) is 4.74 Å². The maximum Gasteiger partial charge on any atom is 0.0689 e. The Bertz CT molecular complexity index is 264. The molecule has 0 aromatic rings. The summed E-state index contributed by atoms with van der Waals surface area (Å²) in [5, 5.41) is 9.35. The minimum atomic E-state index is 0.0119. The van der Waals surface area contributed by atoms with Crippen LogP contribution >= 0.6 is 0 Å². The molecule has 2 rings (SSSR count). The fourth-order valence-electron chi connectivity index (χ4n) is 3.32. The second-order valence-electron chi connectivity index (χ2n) is 5.77. The first kappa shape index (κ1) is 11.9. The van der Waals surface area contributed by atoms with Crippen LogP contribution in [0.4, 0.5) is 0 Å². The Balaban J connectivity index is 1.73. The molecule has 3 unspecified atom stereocenters. The second kappa shape index (κ2) is 5.19. The molecular formula is C14H23NO. The van der Waals surface area contributed by atoms with Crippen LogP contribution < -0.4 is 0 Å². The average molecular weight is 221 g/mol. The van der Waals surface area contributed by atoms with Gasteiger partial charge < -0.3 is 4.74 Å². The van der Waals surface area contributed by atoms with Crippen LogP contribution in [-0.4, -0.2) is 12.7 Å². The Labute approximate surface area is 99.0 Å². The third-order valence-electron chi connectivity index (χ3n) is 4.30. The van der Waals surface area contributed by atoms with Crippen molar-refractivity contribution in [3.63, 3.8) is 0 Å². The van der Waals surface area contributed by atoms with E-state index in [4.69, 9.17) is 4.74 Å². The summed E-state index contributed by atoms with van der Waals surface area (Å²) in [5.74, 6) is 0.752. The van der Waals surface area contributed by atoms with Crippen LogP contribution in [0, 0.1) is 22.7 Å². The number of rotatable bonds is 4. The normalized spacial score (nSPS) is 38.8. The van der Waals surface area contributed by atoms with Gasteiger partial charge in [-0.2, -0.15) is 5.26 Å². The fraction of sp³-hybridized carbons (Fsp3) is 0.929. The summed E-state index contributed by atoms with van der Waals surface area (Å²) in [6.45, 7) is 3.23. The van der Waals surface area contributed by atoms with E-state index >= 15 is 0 Å². The molecule has 0 radical (unpaired) electrons. The lowest BCUT2D eigenvalue weighted by Crippen LogP contribution is -2.15. The van der Waals surface area contributed by atoms with Crippen LogP contribution in [0.3, 0.4) is 0 Å². The lowest BCUT2D eigenvalue weighted by Gasteiger charge is -2.21. The van der Waals surface area contributed by atoms with Crippen molar-refractivity contribution in [2.45, 2.75) is 64.4 Å². The smallest absolute Gasteiger partial charge is 0.0689 e. The van der Waals surface area contributed by atoms with Crippen molar-refractivity contribution >= 4 is 0 Å². The molecule has 2 aliphatic rings. The lowest BCUT2D eigenvalue weighted by molar-refractivity contribution is 0.0993. The van der Waals surface area contributed by atoms with Gasteiger partial charge in [-0.15, -0.1) is 0 Å². The van der Waals surface area contributed by atoms with Gasteiger partial charge in [-0.05, 0) is 57.3 Å². The summed E-state index contributed by atoms with van der Waals surface area (Å²) < 4.78 is 5.62. The van der Waals surface area contributed by atoms with Crippen molar-refractivity contribution in [2.24, 2.45) is 11.3 Å². The molecule has 1 aliphatic heterocycles. The molecule has 2 heteroatoms. The number of nitriles is 1. The highest BCUT2D eigenvalue weighted by Crippen LogP contribution is 2.44. The van der Waals surface area contributed by atoms with Crippen LogP contribution in [0.1, 0.15) is 58.3 Å². The predicted molar refractivity (Wildman–Crippen MR) is 63.9 cm³/mol. The minimum absolute atomic E-state index is 0.0119. The molecule has 90 valence electrons. The van der Waals surface area contributed by atoms with Gasteiger partial charge in [0.05, 0.1) is 17.6 Å². The van der Waals surface area contributed by atoms with E-state index in [1.807, 2.05) is 0 Å². The molecule has 0 bridgehead atoms. The van der Waals surface area contributed by atoms with Crippen LogP contribution in [0.2, 0.25) is 0 Å². The quantitative estimate of drug-likeness (QED) is 0.725. The van der Waals surface area contributed by atoms with Crippen molar-refractivity contribution in [1.82, 2.24) is 0 Å². The summed E-state index contributed by atoms with van der Waals surface area (Å²) in [6, 6.07) is 2.59. The van der Waals surface area contributed by atoms with Gasteiger partial charge in [0.25, 0.3) is 0 Å². The van der Waals surface area contributed by atoms with E-state index in [1.54, 1.807) is 0 Å². The van der Waals surface area contributed by atoms with Gasteiger partial charge in [-0.25, -0.2) is 0 Å². The molecule has 1 saturated carbocycles. The lowest BCUT2D eigenvalue weighted by atomic mass is 9.81. The van der Waals surface area contributed by atoms with Crippen molar-refractivity contribution in [2.75, 3.05) is 6.61 Å². The Kier molecular flexibility index (Phi) is 3.86. The van der Waals surface area contributed by atoms with E-state index in [9.17, 15) is 5.26 Å². The maximum atomic E-state index is 9.35. The van der Waals surface area contributed by atoms with E-state index in [1.165, 1.54) is 25.7 Å². The van der Waals surface area contributed by atoms with Gasteiger partial charge in [-0.3, -0.25) is 0 Å². The molecule has 0 aromatic carbocycles. The van der Waals surface area contributed by atoms with Gasteiger partial charge in [0, 0.05) is 6.61 Å². The molecule has 1 heterocycles. The highest BCUT2D eigenvalue weighted by molar-refractivity contribution is 5.03. The zero-order valence-corrected chi connectivity index (χ0v) is 10.4. The monoisotopic (exact) mass is 221 g/mol. The number of ether oxygens (including phenoxy) is 1. The molecule has 16 heavy (non-hydrogen) atoms. The summed E-state index contributed by atoms with van der Waals surface area (Å²) >= 11 is 0. The first-order chi connectivity index (χ1) is 7.74. The highest BCUT2D eigenvalue weighted by atomic mass is 16.5. The summed E-state index contributed by atoms with van der Waals surface area (Å²) in [6.07, 6.45) is 9.87. The van der Waals surface area contributed by atoms with E-state index in [0.29, 0.717) is 6.10 Å². The summed E-state index contributed by atoms with van der Waals surface area (Å²) in [4.78, 5) is 0. The van der Waals surface area contributed by atoms with Crippen molar-refractivity contribution in [3.8, 4) is 6.07 Å². The van der Waals surface area contributed by atoms with Gasteiger partial charge in [0.2, 0.25) is 0 Å². The fourth-order valence-corrected chi connectivity index (χ4v) is 3.32. The SMILES string of the molecule is CC1CCC(C#N)(CCCC2CCCO2)C1. The number of hydrogen-bond donors (Lipinski definition) is 0. The van der Waals surface area contributed by atoms with Crippen LogP contribution in [0.15, 0.2) is 0 Å². The number of nitrogens with zero attached hydrogens (tertiary/aromatic N) is 1. The van der Waals surface area contributed by atoms with Gasteiger partial charge in [0.1, 0.15) is 0 Å². The Morgan fingerprint density at radius 3 is 2.88 bits per heavy atom. The molecule has 0 amide bonds. The Hall–Kier alpha value is -0.550. The standard InChI is InChI=1S/C14H23NO/c1-12-6-8-14(10-12,11-15)7-2-4-13-5-3-9-16-13/h12-13H,2-10H2,1H3. The van der Waals surface area contributed by atoms with Crippen LogP contribution in [0.5, 0.6) is 0 Å². The summed E-state index contributed by atoms with van der Waals surface area (Å²) in [7, 11) is 0. The molecule has 3 atom stereocenters. The van der Waals surface area contributed by atoms with E-state index in [0.717, 1.165) is 38.2 Å². The molecule has 0 spiro atoms. The van der Waals surface area contributed by atoms with Crippen LogP contribution in [0.25, 0.3) is 0 Å². The second-order valence-corrected chi connectivity index (χ2v) is 5.77.